The van der Waals surface area contributed by atoms with Crippen molar-refractivity contribution >= 4 is 11.9 Å². The second-order valence-corrected chi connectivity index (χ2v) is 10.1. The average molecular weight is 548 g/mol. The maximum Gasteiger partial charge on any atom is 0.309 e. The molecule has 3 rings (SSSR count). The molecular formula is C32H41N3O5. The summed E-state index contributed by atoms with van der Waals surface area (Å²) in [6.45, 7) is 5.77. The number of unbranched alkanes of at least 4 members (excludes halogenated alkanes) is 1. The number of nitrogens with one attached hydrogen (secondary N) is 1. The number of carbonyl (C=O) groups is 2. The Balaban J connectivity index is 1.79. The molecule has 0 aliphatic rings. The first-order valence-corrected chi connectivity index (χ1v) is 13.8. The zero-order chi connectivity index (χ0) is 28.9. The van der Waals surface area contributed by atoms with Crippen LogP contribution in [-0.2, 0) is 20.7 Å². The summed E-state index contributed by atoms with van der Waals surface area (Å²) in [6.07, 6.45) is 2.68. The van der Waals surface area contributed by atoms with Crippen molar-refractivity contribution in [3.63, 3.8) is 0 Å². The van der Waals surface area contributed by atoms with E-state index in [4.69, 9.17) is 15.2 Å². The molecule has 0 radical (unpaired) electrons. The molecule has 3 aromatic rings. The summed E-state index contributed by atoms with van der Waals surface area (Å²) < 4.78 is 11.3. The monoisotopic (exact) mass is 547 g/mol. The second kappa shape index (κ2) is 15.7. The van der Waals surface area contributed by atoms with E-state index in [2.05, 4.69) is 10.3 Å². The molecule has 0 spiro atoms. The molecule has 0 bridgehead atoms. The summed E-state index contributed by atoms with van der Waals surface area (Å²) in [4.78, 5) is 30.4. The van der Waals surface area contributed by atoms with Crippen molar-refractivity contribution < 1.29 is 24.2 Å². The van der Waals surface area contributed by atoms with E-state index in [9.17, 15) is 14.7 Å². The van der Waals surface area contributed by atoms with Crippen LogP contribution in [0.4, 0.5) is 0 Å². The maximum atomic E-state index is 13.1. The topological polar surface area (TPSA) is 124 Å². The second-order valence-electron chi connectivity index (χ2n) is 10.1. The van der Waals surface area contributed by atoms with E-state index in [1.54, 1.807) is 6.20 Å². The lowest BCUT2D eigenvalue weighted by molar-refractivity contribution is -0.150. The van der Waals surface area contributed by atoms with Gasteiger partial charge in [-0.2, -0.15) is 0 Å². The Labute approximate surface area is 236 Å². The molecule has 0 saturated carbocycles. The van der Waals surface area contributed by atoms with E-state index in [0.29, 0.717) is 24.5 Å². The zero-order valence-corrected chi connectivity index (χ0v) is 23.6. The fourth-order valence-corrected chi connectivity index (χ4v) is 4.61. The van der Waals surface area contributed by atoms with Crippen molar-refractivity contribution in [1.82, 2.24) is 10.3 Å². The van der Waals surface area contributed by atoms with Crippen molar-refractivity contribution in [3.05, 3.63) is 95.3 Å². The summed E-state index contributed by atoms with van der Waals surface area (Å²) in [6, 6.07) is 19.1. The van der Waals surface area contributed by atoms with Gasteiger partial charge in [0.05, 0.1) is 36.4 Å². The van der Waals surface area contributed by atoms with E-state index in [1.165, 1.54) is 0 Å². The molecule has 40 heavy (non-hydrogen) atoms. The number of pyridine rings is 1. The van der Waals surface area contributed by atoms with E-state index in [1.807, 2.05) is 87.5 Å². The van der Waals surface area contributed by atoms with Gasteiger partial charge >= 0.3 is 5.97 Å². The van der Waals surface area contributed by atoms with E-state index in [0.717, 1.165) is 29.5 Å². The van der Waals surface area contributed by atoms with E-state index < -0.39 is 30.0 Å². The number of nitrogens with two attached hydrogens (primary N) is 1. The highest BCUT2D eigenvalue weighted by atomic mass is 16.5. The van der Waals surface area contributed by atoms with Crippen LogP contribution < -0.4 is 15.8 Å². The number of aromatic nitrogens is 1. The number of aliphatic hydroxyl groups excluding tert-OH is 1. The van der Waals surface area contributed by atoms with Crippen molar-refractivity contribution in [1.29, 1.82) is 0 Å². The largest absolute Gasteiger partial charge is 0.482 e. The summed E-state index contributed by atoms with van der Waals surface area (Å²) in [5.74, 6) is -0.891. The van der Waals surface area contributed by atoms with Gasteiger partial charge in [0.1, 0.15) is 5.75 Å². The highest BCUT2D eigenvalue weighted by molar-refractivity contribution is 5.78. The van der Waals surface area contributed by atoms with Crippen LogP contribution in [-0.4, -0.2) is 47.3 Å². The summed E-state index contributed by atoms with van der Waals surface area (Å²) in [5, 5.41) is 14.4. The third-order valence-corrected chi connectivity index (χ3v) is 6.87. The average Bonchev–Trinajstić information content (AvgIpc) is 2.96. The van der Waals surface area contributed by atoms with Crippen LogP contribution in [0.25, 0.3) is 0 Å². The number of nitrogens with zero attached hydrogens (tertiary/aromatic N) is 1. The lowest BCUT2D eigenvalue weighted by Crippen LogP contribution is -2.52. The van der Waals surface area contributed by atoms with E-state index >= 15 is 0 Å². The van der Waals surface area contributed by atoms with Gasteiger partial charge in [0.15, 0.2) is 6.61 Å². The lowest BCUT2D eigenvalue weighted by Gasteiger charge is -2.31. The minimum Gasteiger partial charge on any atom is -0.482 e. The molecule has 1 heterocycles. The van der Waals surface area contributed by atoms with Crippen LogP contribution in [0.15, 0.2) is 72.9 Å². The molecule has 0 saturated heterocycles. The van der Waals surface area contributed by atoms with Gasteiger partial charge in [0.2, 0.25) is 0 Å². The molecule has 0 fully saturated rings. The van der Waals surface area contributed by atoms with Crippen LogP contribution in [0.3, 0.4) is 0 Å². The number of rotatable bonds is 15. The van der Waals surface area contributed by atoms with Gasteiger partial charge in [-0.25, -0.2) is 0 Å². The number of hydrogen-bond donors (Lipinski definition) is 3. The zero-order valence-electron chi connectivity index (χ0n) is 23.6. The molecule has 8 heteroatoms. The number of aliphatic hydroxyl groups is 1. The Morgan fingerprint density at radius 2 is 1.70 bits per heavy atom. The third-order valence-electron chi connectivity index (χ3n) is 6.87. The Morgan fingerprint density at radius 3 is 2.35 bits per heavy atom. The summed E-state index contributed by atoms with van der Waals surface area (Å²) >= 11 is 0. The van der Waals surface area contributed by atoms with Gasteiger partial charge < -0.3 is 25.6 Å². The number of carbonyl (C=O) groups excluding carboxylic acids is 2. The Hall–Kier alpha value is -3.75. The van der Waals surface area contributed by atoms with Crippen LogP contribution >= 0.6 is 0 Å². The van der Waals surface area contributed by atoms with Gasteiger partial charge in [0, 0.05) is 6.20 Å². The van der Waals surface area contributed by atoms with Crippen molar-refractivity contribution in [2.24, 2.45) is 11.7 Å². The number of hydrogen-bond acceptors (Lipinski definition) is 7. The third kappa shape index (κ3) is 9.17. The fourth-order valence-electron chi connectivity index (χ4n) is 4.61. The predicted octanol–water partition coefficient (Wildman–Crippen LogP) is 4.22. The standard InChI is InChI=1S/C32H41N3O5/c1-4-5-18-39-32(38)26(19-24-12-8-6-9-13-24)20-27(36)30(29(33)25-14-10-7-11-15-25)35-28(37)21-40-31-22(2)16-17-34-23(31)3/h6-17,26-27,29-30,36H,4-5,18-21,33H2,1-3H3,(H,35,37)/t26-,27-,29?,30+/m0/s1. The first-order chi connectivity index (χ1) is 19.3. The highest BCUT2D eigenvalue weighted by Gasteiger charge is 2.33. The first kappa shape index (κ1) is 30.8. The molecule has 1 unspecified atom stereocenters. The molecule has 4 N–H and O–H groups in total. The molecule has 2 aromatic carbocycles. The van der Waals surface area contributed by atoms with E-state index in [-0.39, 0.29) is 19.0 Å². The maximum absolute atomic E-state index is 13.1. The molecule has 214 valence electrons. The van der Waals surface area contributed by atoms with Gasteiger partial charge in [-0.1, -0.05) is 74.0 Å². The minimum atomic E-state index is -1.13. The number of amides is 1. The highest BCUT2D eigenvalue weighted by Crippen LogP contribution is 2.24. The Kier molecular flexibility index (Phi) is 12.1. The summed E-state index contributed by atoms with van der Waals surface area (Å²) in [5.41, 5.74) is 9.85. The molecule has 1 aromatic heterocycles. The molecule has 0 aliphatic heterocycles. The number of benzene rings is 2. The number of esters is 1. The van der Waals surface area contributed by atoms with Gasteiger partial charge in [-0.05, 0) is 55.9 Å². The fraction of sp³-hybridized carbons (Fsp3) is 0.406. The SMILES string of the molecule is CCCCOC(=O)[C@@H](Cc1ccccc1)C[C@H](O)[C@@H](NC(=O)COc1c(C)ccnc1C)C(N)c1ccccc1. The molecular weight excluding hydrogens is 506 g/mol. The van der Waals surface area contributed by atoms with Crippen molar-refractivity contribution in [3.8, 4) is 5.75 Å². The van der Waals surface area contributed by atoms with Crippen LogP contribution in [0.5, 0.6) is 5.75 Å². The van der Waals surface area contributed by atoms with Gasteiger partial charge in [-0.3, -0.25) is 14.6 Å². The predicted molar refractivity (Wildman–Crippen MR) is 155 cm³/mol. The van der Waals surface area contributed by atoms with Crippen molar-refractivity contribution in [2.45, 2.75) is 64.6 Å². The van der Waals surface area contributed by atoms with Gasteiger partial charge in [-0.15, -0.1) is 0 Å². The first-order valence-electron chi connectivity index (χ1n) is 13.8. The smallest absolute Gasteiger partial charge is 0.309 e. The van der Waals surface area contributed by atoms with Crippen LogP contribution in [0.2, 0.25) is 0 Å². The van der Waals surface area contributed by atoms with Crippen LogP contribution in [0, 0.1) is 19.8 Å². The normalized spacial score (nSPS) is 14.0. The lowest BCUT2D eigenvalue weighted by atomic mass is 9.87. The minimum absolute atomic E-state index is 0.0625. The molecule has 4 atom stereocenters. The molecule has 8 nitrogen and oxygen atoms in total. The molecule has 0 aliphatic carbocycles. The summed E-state index contributed by atoms with van der Waals surface area (Å²) in [7, 11) is 0. The van der Waals surface area contributed by atoms with Crippen molar-refractivity contribution in [2.75, 3.05) is 13.2 Å². The Bertz CT molecular complexity index is 1190. The number of aryl methyl sites for hydroxylation is 2. The molecule has 1 amide bonds. The van der Waals surface area contributed by atoms with Crippen LogP contribution in [0.1, 0.15) is 54.6 Å². The Morgan fingerprint density at radius 1 is 1.02 bits per heavy atom. The quantitative estimate of drug-likeness (QED) is 0.192. The van der Waals surface area contributed by atoms with Gasteiger partial charge in [0.25, 0.3) is 5.91 Å². The number of ether oxygens (including phenoxy) is 2.